The number of benzene rings is 1. The Labute approximate surface area is 139 Å². The number of hydrogen-bond acceptors (Lipinski definition) is 4. The summed E-state index contributed by atoms with van der Waals surface area (Å²) in [7, 11) is 0. The topological polar surface area (TPSA) is 73.0 Å². The van der Waals surface area contributed by atoms with E-state index in [0.717, 1.165) is 12.1 Å². The van der Waals surface area contributed by atoms with Crippen LogP contribution in [0.1, 0.15) is 35.0 Å². The maximum absolute atomic E-state index is 12.6. The minimum Gasteiger partial charge on any atom is -0.435 e. The van der Waals surface area contributed by atoms with Gasteiger partial charge in [-0.15, -0.1) is 0 Å². The Morgan fingerprint density at radius 2 is 2.21 bits per heavy atom. The Hall–Kier alpha value is -2.89. The zero-order valence-corrected chi connectivity index (χ0v) is 13.4. The summed E-state index contributed by atoms with van der Waals surface area (Å²) in [5.41, 5.74) is 2.17. The van der Waals surface area contributed by atoms with Crippen LogP contribution in [0.15, 0.2) is 47.4 Å². The van der Waals surface area contributed by atoms with Crippen molar-refractivity contribution in [2.24, 2.45) is 5.92 Å². The lowest BCUT2D eigenvalue weighted by Gasteiger charge is -2.10. The van der Waals surface area contributed by atoms with Gasteiger partial charge in [-0.25, -0.2) is 9.97 Å². The maximum atomic E-state index is 12.6. The van der Waals surface area contributed by atoms with Crippen molar-refractivity contribution >= 4 is 11.6 Å². The molecule has 1 saturated carbocycles. The third kappa shape index (κ3) is 2.95. The molecule has 1 aromatic carbocycles. The van der Waals surface area contributed by atoms with Crippen LogP contribution in [0.25, 0.3) is 5.69 Å². The van der Waals surface area contributed by atoms with Gasteiger partial charge in [0.25, 0.3) is 5.91 Å². The van der Waals surface area contributed by atoms with Crippen molar-refractivity contribution < 1.29 is 9.21 Å². The largest absolute Gasteiger partial charge is 0.435 e. The van der Waals surface area contributed by atoms with Gasteiger partial charge >= 0.3 is 0 Å². The normalized spacial score (nSPS) is 13.9. The number of aryl methyl sites for hydroxylation is 1. The second kappa shape index (κ2) is 5.96. The van der Waals surface area contributed by atoms with Crippen molar-refractivity contribution in [3.05, 3.63) is 60.3 Å². The number of rotatable bonds is 5. The Morgan fingerprint density at radius 3 is 2.96 bits per heavy atom. The van der Waals surface area contributed by atoms with E-state index in [1.165, 1.54) is 12.8 Å². The lowest BCUT2D eigenvalue weighted by Crippen LogP contribution is -2.14. The van der Waals surface area contributed by atoms with E-state index in [9.17, 15) is 4.79 Å². The first-order valence-electron chi connectivity index (χ1n) is 8.05. The molecule has 24 heavy (non-hydrogen) atoms. The fourth-order valence-electron chi connectivity index (χ4n) is 2.70. The lowest BCUT2D eigenvalue weighted by atomic mass is 10.2. The Balaban J connectivity index is 1.57. The number of carbonyl (C=O) groups excluding carboxylic acids is 1. The molecule has 1 amide bonds. The van der Waals surface area contributed by atoms with Gasteiger partial charge in [-0.1, -0.05) is 12.1 Å². The van der Waals surface area contributed by atoms with Crippen LogP contribution in [0, 0.1) is 12.8 Å². The molecule has 6 nitrogen and oxygen atoms in total. The predicted molar refractivity (Wildman–Crippen MR) is 89.2 cm³/mol. The fraction of sp³-hybridized carbons (Fsp3) is 0.278. The number of imidazole rings is 1. The van der Waals surface area contributed by atoms with Gasteiger partial charge in [0, 0.05) is 18.8 Å². The molecule has 3 aromatic rings. The molecule has 4 rings (SSSR count). The number of nitrogens with zero attached hydrogens (tertiary/aromatic N) is 3. The highest BCUT2D eigenvalue weighted by molar-refractivity contribution is 6.04. The number of nitrogens with one attached hydrogen (secondary N) is 1. The summed E-state index contributed by atoms with van der Waals surface area (Å²) in [5, 5.41) is 2.92. The molecule has 0 unspecified atom stereocenters. The first-order valence-corrected chi connectivity index (χ1v) is 8.05. The summed E-state index contributed by atoms with van der Waals surface area (Å²) in [4.78, 5) is 21.0. The average molecular weight is 322 g/mol. The molecule has 1 fully saturated rings. The summed E-state index contributed by atoms with van der Waals surface area (Å²) in [5.74, 6) is 1.32. The molecule has 0 spiro atoms. The first-order chi connectivity index (χ1) is 11.7. The average Bonchev–Trinajstić information content (AvgIpc) is 3.08. The summed E-state index contributed by atoms with van der Waals surface area (Å²) >= 11 is 0. The highest BCUT2D eigenvalue weighted by Crippen LogP contribution is 2.32. The molecule has 1 N–H and O–H groups in total. The van der Waals surface area contributed by atoms with Crippen molar-refractivity contribution in [1.82, 2.24) is 14.5 Å². The standard InChI is InChI=1S/C18H18N4O2/c1-12-17(24-16(20-12)10-13-6-7-13)18(23)21-14-4-2-3-5-15(14)22-9-8-19-11-22/h2-5,8-9,11,13H,6-7,10H2,1H3,(H,21,23). The van der Waals surface area contributed by atoms with Crippen LogP contribution >= 0.6 is 0 Å². The van der Waals surface area contributed by atoms with E-state index in [2.05, 4.69) is 15.3 Å². The van der Waals surface area contributed by atoms with Crippen LogP contribution in [-0.4, -0.2) is 20.4 Å². The number of hydrogen-bond donors (Lipinski definition) is 1. The molecular formula is C18H18N4O2. The number of amides is 1. The van der Waals surface area contributed by atoms with Crippen molar-refractivity contribution in [3.8, 4) is 5.69 Å². The zero-order chi connectivity index (χ0) is 16.5. The minimum absolute atomic E-state index is 0.283. The van der Waals surface area contributed by atoms with Gasteiger partial charge in [0.15, 0.2) is 5.89 Å². The summed E-state index contributed by atoms with van der Waals surface area (Å²) < 4.78 is 7.54. The quantitative estimate of drug-likeness (QED) is 0.781. The number of oxazole rings is 1. The number of aromatic nitrogens is 3. The van der Waals surface area contributed by atoms with Crippen LogP contribution < -0.4 is 5.32 Å². The van der Waals surface area contributed by atoms with Gasteiger partial charge in [0.05, 0.1) is 23.4 Å². The van der Waals surface area contributed by atoms with Crippen LogP contribution in [0.2, 0.25) is 0 Å². The third-order valence-electron chi connectivity index (χ3n) is 4.14. The van der Waals surface area contributed by atoms with Crippen molar-refractivity contribution in [3.63, 3.8) is 0 Å². The van der Waals surface area contributed by atoms with Crippen molar-refractivity contribution in [2.75, 3.05) is 5.32 Å². The second-order valence-electron chi connectivity index (χ2n) is 6.11. The van der Waals surface area contributed by atoms with E-state index >= 15 is 0 Å². The van der Waals surface area contributed by atoms with E-state index in [4.69, 9.17) is 4.42 Å². The molecule has 0 radical (unpaired) electrons. The van der Waals surface area contributed by atoms with Gasteiger partial charge in [0.2, 0.25) is 5.76 Å². The molecule has 1 aliphatic carbocycles. The minimum atomic E-state index is -0.283. The van der Waals surface area contributed by atoms with E-state index < -0.39 is 0 Å². The maximum Gasteiger partial charge on any atom is 0.293 e. The van der Waals surface area contributed by atoms with Crippen LogP contribution in [0.5, 0.6) is 0 Å². The van der Waals surface area contributed by atoms with Gasteiger partial charge in [-0.2, -0.15) is 0 Å². The summed E-state index contributed by atoms with van der Waals surface area (Å²) in [6, 6.07) is 7.56. The number of carbonyl (C=O) groups is 1. The molecule has 0 bridgehead atoms. The lowest BCUT2D eigenvalue weighted by molar-refractivity contribution is 0.0994. The molecule has 0 saturated heterocycles. The molecule has 122 valence electrons. The van der Waals surface area contributed by atoms with Gasteiger partial charge < -0.3 is 14.3 Å². The van der Waals surface area contributed by atoms with Crippen LogP contribution in [0.4, 0.5) is 5.69 Å². The second-order valence-corrected chi connectivity index (χ2v) is 6.11. The van der Waals surface area contributed by atoms with Crippen LogP contribution in [0.3, 0.4) is 0 Å². The third-order valence-corrected chi connectivity index (χ3v) is 4.14. The summed E-state index contributed by atoms with van der Waals surface area (Å²) in [6.45, 7) is 1.80. The molecule has 1 aliphatic rings. The summed E-state index contributed by atoms with van der Waals surface area (Å²) in [6.07, 6.45) is 8.49. The SMILES string of the molecule is Cc1nc(CC2CC2)oc1C(=O)Nc1ccccc1-n1ccnc1. The molecular weight excluding hydrogens is 304 g/mol. The molecule has 2 heterocycles. The molecule has 6 heteroatoms. The number of para-hydroxylation sites is 2. The smallest absolute Gasteiger partial charge is 0.293 e. The highest BCUT2D eigenvalue weighted by atomic mass is 16.4. The first kappa shape index (κ1) is 14.7. The van der Waals surface area contributed by atoms with Gasteiger partial charge in [-0.3, -0.25) is 4.79 Å². The van der Waals surface area contributed by atoms with Crippen molar-refractivity contribution in [2.45, 2.75) is 26.2 Å². The van der Waals surface area contributed by atoms with Crippen molar-refractivity contribution in [1.29, 1.82) is 0 Å². The van der Waals surface area contributed by atoms with Gasteiger partial charge in [-0.05, 0) is 37.8 Å². The van der Waals surface area contributed by atoms with E-state index in [0.29, 0.717) is 23.2 Å². The zero-order valence-electron chi connectivity index (χ0n) is 13.4. The predicted octanol–water partition coefficient (Wildman–Crippen LogP) is 3.37. The van der Waals surface area contributed by atoms with Crippen LogP contribution in [-0.2, 0) is 6.42 Å². The molecule has 0 atom stereocenters. The Morgan fingerprint density at radius 1 is 1.38 bits per heavy atom. The van der Waals surface area contributed by atoms with E-state index in [1.54, 1.807) is 19.4 Å². The van der Waals surface area contributed by atoms with Gasteiger partial charge in [0.1, 0.15) is 0 Å². The Bertz CT molecular complexity index is 863. The fourth-order valence-corrected chi connectivity index (χ4v) is 2.70. The molecule has 2 aromatic heterocycles. The molecule has 0 aliphatic heterocycles. The van der Waals surface area contributed by atoms with E-state index in [1.807, 2.05) is 35.0 Å². The number of anilines is 1. The monoisotopic (exact) mass is 322 g/mol. The van der Waals surface area contributed by atoms with E-state index in [-0.39, 0.29) is 11.7 Å². The highest BCUT2D eigenvalue weighted by Gasteiger charge is 2.26. The Kier molecular flexibility index (Phi) is 3.65.